The van der Waals surface area contributed by atoms with Crippen LogP contribution in [-0.4, -0.2) is 56.3 Å². The molecule has 0 radical (unpaired) electrons. The molecule has 1 N–H and O–H groups in total. The fourth-order valence-electron chi connectivity index (χ4n) is 3.16. The molecule has 0 spiro atoms. The minimum atomic E-state index is -3.73. The van der Waals surface area contributed by atoms with E-state index in [4.69, 9.17) is 0 Å². The van der Waals surface area contributed by atoms with Crippen molar-refractivity contribution in [1.82, 2.24) is 9.21 Å². The van der Waals surface area contributed by atoms with E-state index in [0.29, 0.717) is 13.1 Å². The maximum atomic E-state index is 12.9. The van der Waals surface area contributed by atoms with Gasteiger partial charge in [0.25, 0.3) is 0 Å². The summed E-state index contributed by atoms with van der Waals surface area (Å²) in [5.74, 6) is -0.125. The molecular formula is C20H22N4O3S. The van der Waals surface area contributed by atoms with Crippen molar-refractivity contribution >= 4 is 21.6 Å². The monoisotopic (exact) mass is 398 g/mol. The Labute approximate surface area is 165 Å². The minimum absolute atomic E-state index is 0.0308. The van der Waals surface area contributed by atoms with Gasteiger partial charge in [0, 0.05) is 31.9 Å². The van der Waals surface area contributed by atoms with Crippen molar-refractivity contribution in [2.45, 2.75) is 11.8 Å². The van der Waals surface area contributed by atoms with E-state index in [1.807, 2.05) is 42.2 Å². The Bertz CT molecular complexity index is 1010. The van der Waals surface area contributed by atoms with Gasteiger partial charge in [-0.2, -0.15) is 9.57 Å². The first-order chi connectivity index (χ1) is 13.4. The third-order valence-corrected chi connectivity index (χ3v) is 6.70. The molecule has 1 aliphatic heterocycles. The highest BCUT2D eigenvalue weighted by atomic mass is 32.2. The lowest BCUT2D eigenvalue weighted by atomic mass is 10.2. The molecule has 146 valence electrons. The number of hydrogen-bond donors (Lipinski definition) is 1. The van der Waals surface area contributed by atoms with Gasteiger partial charge in [0.2, 0.25) is 15.9 Å². The number of rotatable bonds is 5. The number of benzene rings is 2. The Morgan fingerprint density at radius 2 is 1.71 bits per heavy atom. The zero-order valence-corrected chi connectivity index (χ0v) is 16.4. The molecule has 2 aromatic carbocycles. The molecule has 0 aromatic heterocycles. The predicted molar refractivity (Wildman–Crippen MR) is 106 cm³/mol. The Morgan fingerprint density at radius 3 is 2.39 bits per heavy atom. The van der Waals surface area contributed by atoms with Crippen LogP contribution in [0.15, 0.2) is 53.4 Å². The Balaban J connectivity index is 1.59. The van der Waals surface area contributed by atoms with E-state index in [0.717, 1.165) is 11.3 Å². The molecule has 28 heavy (non-hydrogen) atoms. The van der Waals surface area contributed by atoms with Crippen molar-refractivity contribution in [2.75, 3.05) is 38.0 Å². The molecule has 8 heteroatoms. The van der Waals surface area contributed by atoms with Crippen LogP contribution in [0, 0.1) is 18.3 Å². The molecule has 1 heterocycles. The molecule has 0 atom stereocenters. The number of nitriles is 1. The maximum absolute atomic E-state index is 12.9. The molecule has 2 aromatic rings. The summed E-state index contributed by atoms with van der Waals surface area (Å²) in [4.78, 5) is 14.3. The lowest BCUT2D eigenvalue weighted by Gasteiger charge is -2.33. The number of piperazine rings is 1. The van der Waals surface area contributed by atoms with Crippen LogP contribution in [0.2, 0.25) is 0 Å². The minimum Gasteiger partial charge on any atom is -0.325 e. The van der Waals surface area contributed by atoms with Crippen molar-refractivity contribution in [2.24, 2.45) is 0 Å². The van der Waals surface area contributed by atoms with Crippen LogP contribution in [0.1, 0.15) is 11.1 Å². The third-order valence-electron chi connectivity index (χ3n) is 4.74. The van der Waals surface area contributed by atoms with Gasteiger partial charge in [0.15, 0.2) is 0 Å². The van der Waals surface area contributed by atoms with E-state index in [9.17, 15) is 18.5 Å². The summed E-state index contributed by atoms with van der Waals surface area (Å²) in [6.07, 6.45) is 0. The summed E-state index contributed by atoms with van der Waals surface area (Å²) >= 11 is 0. The first-order valence-electron chi connectivity index (χ1n) is 8.99. The molecule has 0 unspecified atom stereocenters. The van der Waals surface area contributed by atoms with Crippen LogP contribution in [-0.2, 0) is 14.8 Å². The lowest BCUT2D eigenvalue weighted by molar-refractivity contribution is -0.117. The summed E-state index contributed by atoms with van der Waals surface area (Å²) in [6.45, 7) is 3.60. The molecule has 1 saturated heterocycles. The number of aryl methyl sites for hydroxylation is 1. The molecule has 1 fully saturated rings. The number of anilines is 1. The van der Waals surface area contributed by atoms with Crippen molar-refractivity contribution in [3.63, 3.8) is 0 Å². The smallest absolute Gasteiger partial charge is 0.244 e. The second kappa shape index (κ2) is 8.52. The average molecular weight is 398 g/mol. The largest absolute Gasteiger partial charge is 0.325 e. The van der Waals surface area contributed by atoms with Gasteiger partial charge in [-0.15, -0.1) is 0 Å². The van der Waals surface area contributed by atoms with Crippen molar-refractivity contribution in [3.8, 4) is 6.07 Å². The second-order valence-electron chi connectivity index (χ2n) is 6.65. The van der Waals surface area contributed by atoms with Gasteiger partial charge in [-0.3, -0.25) is 9.69 Å². The van der Waals surface area contributed by atoms with Crippen LogP contribution in [0.3, 0.4) is 0 Å². The highest BCUT2D eigenvalue weighted by Crippen LogP contribution is 2.21. The summed E-state index contributed by atoms with van der Waals surface area (Å²) < 4.78 is 27.1. The fraction of sp³-hybridized carbons (Fsp3) is 0.300. The van der Waals surface area contributed by atoms with Crippen LogP contribution in [0.5, 0.6) is 0 Å². The van der Waals surface area contributed by atoms with Crippen molar-refractivity contribution in [1.29, 1.82) is 5.26 Å². The van der Waals surface area contributed by atoms with Gasteiger partial charge >= 0.3 is 0 Å². The standard InChI is InChI=1S/C20H22N4O3S/c1-16-6-2-4-8-18(16)22-20(25)15-23-10-12-24(13-11-23)28(26,27)19-9-5-3-7-17(19)14-21/h2-9H,10-13,15H2,1H3,(H,22,25). The summed E-state index contributed by atoms with van der Waals surface area (Å²) in [5, 5.41) is 12.1. The number of carbonyl (C=O) groups is 1. The van der Waals surface area contributed by atoms with Gasteiger partial charge < -0.3 is 5.32 Å². The summed E-state index contributed by atoms with van der Waals surface area (Å²) in [7, 11) is -3.73. The number of nitrogens with one attached hydrogen (secondary N) is 1. The maximum Gasteiger partial charge on any atom is 0.244 e. The molecule has 3 rings (SSSR count). The second-order valence-corrected chi connectivity index (χ2v) is 8.56. The van der Waals surface area contributed by atoms with Gasteiger partial charge in [-0.25, -0.2) is 8.42 Å². The Morgan fingerprint density at radius 1 is 1.07 bits per heavy atom. The van der Waals surface area contributed by atoms with E-state index in [1.54, 1.807) is 12.1 Å². The quantitative estimate of drug-likeness (QED) is 0.829. The normalized spacial score (nSPS) is 15.7. The van der Waals surface area contributed by atoms with Gasteiger partial charge in [-0.1, -0.05) is 30.3 Å². The highest BCUT2D eigenvalue weighted by molar-refractivity contribution is 7.89. The molecule has 1 amide bonds. The highest BCUT2D eigenvalue weighted by Gasteiger charge is 2.30. The number of carbonyl (C=O) groups excluding carboxylic acids is 1. The number of sulfonamides is 1. The van der Waals surface area contributed by atoms with Crippen LogP contribution < -0.4 is 5.32 Å². The van der Waals surface area contributed by atoms with Crippen LogP contribution >= 0.6 is 0 Å². The van der Waals surface area contributed by atoms with Gasteiger partial charge in [-0.05, 0) is 30.7 Å². The van der Waals surface area contributed by atoms with Crippen molar-refractivity contribution < 1.29 is 13.2 Å². The van der Waals surface area contributed by atoms with E-state index >= 15 is 0 Å². The predicted octanol–water partition coefficient (Wildman–Crippen LogP) is 1.81. The molecular weight excluding hydrogens is 376 g/mol. The first-order valence-corrected chi connectivity index (χ1v) is 10.4. The topological polar surface area (TPSA) is 93.5 Å². The van der Waals surface area contributed by atoms with Crippen molar-refractivity contribution in [3.05, 3.63) is 59.7 Å². The van der Waals surface area contributed by atoms with E-state index < -0.39 is 10.0 Å². The zero-order valence-electron chi connectivity index (χ0n) is 15.6. The SMILES string of the molecule is Cc1ccccc1NC(=O)CN1CCN(S(=O)(=O)c2ccccc2C#N)CC1. The molecule has 1 aliphatic rings. The first kappa shape index (κ1) is 20.0. The molecule has 0 aliphatic carbocycles. The third kappa shape index (κ3) is 4.39. The molecule has 7 nitrogen and oxygen atoms in total. The number of hydrogen-bond acceptors (Lipinski definition) is 5. The van der Waals surface area contributed by atoms with E-state index in [1.165, 1.54) is 16.4 Å². The van der Waals surface area contributed by atoms with E-state index in [2.05, 4.69) is 5.32 Å². The Hall–Kier alpha value is -2.73. The number of amides is 1. The van der Waals surface area contributed by atoms with Gasteiger partial charge in [0.1, 0.15) is 6.07 Å². The van der Waals surface area contributed by atoms with Crippen LogP contribution in [0.4, 0.5) is 5.69 Å². The van der Waals surface area contributed by atoms with Crippen LogP contribution in [0.25, 0.3) is 0 Å². The fourth-order valence-corrected chi connectivity index (χ4v) is 4.72. The average Bonchev–Trinajstić information content (AvgIpc) is 2.70. The number of para-hydroxylation sites is 1. The number of nitrogens with zero attached hydrogens (tertiary/aromatic N) is 3. The lowest BCUT2D eigenvalue weighted by Crippen LogP contribution is -2.50. The van der Waals surface area contributed by atoms with E-state index in [-0.39, 0.29) is 36.0 Å². The summed E-state index contributed by atoms with van der Waals surface area (Å²) in [6, 6.07) is 15.7. The van der Waals surface area contributed by atoms with Gasteiger partial charge in [0.05, 0.1) is 17.0 Å². The molecule has 0 saturated carbocycles. The Kier molecular flexibility index (Phi) is 6.09. The summed E-state index contributed by atoms with van der Waals surface area (Å²) in [5.41, 5.74) is 1.91. The zero-order chi connectivity index (χ0) is 20.1. The molecule has 0 bridgehead atoms.